The second kappa shape index (κ2) is 9.23. The molecule has 2 aliphatic carbocycles. The number of fused-ring (bicyclic) bond motifs is 2. The lowest BCUT2D eigenvalue weighted by Gasteiger charge is -2.15. The maximum Gasteiger partial charge on any atom is 0.168 e. The summed E-state index contributed by atoms with van der Waals surface area (Å²) in [6, 6.07) is 5.39. The van der Waals surface area contributed by atoms with Crippen molar-refractivity contribution >= 4 is 17.8 Å². The monoisotopic (exact) mass is 318 g/mol. The number of carbonyl (C=O) groups excluding carboxylic acids is 2. The van der Waals surface area contributed by atoms with E-state index in [9.17, 15) is 9.59 Å². The van der Waals surface area contributed by atoms with Gasteiger partial charge in [0.25, 0.3) is 0 Å². The van der Waals surface area contributed by atoms with E-state index in [1.807, 2.05) is 53.9 Å². The van der Waals surface area contributed by atoms with E-state index < -0.39 is 0 Å². The topological polar surface area (TPSA) is 49.7 Å². The highest BCUT2D eigenvalue weighted by molar-refractivity contribution is 6.21. The van der Waals surface area contributed by atoms with Crippen LogP contribution in [0, 0.1) is 11.8 Å². The van der Waals surface area contributed by atoms with Crippen molar-refractivity contribution in [1.29, 1.82) is 0 Å². The Kier molecular flexibility index (Phi) is 8.44. The molecule has 1 fully saturated rings. The van der Waals surface area contributed by atoms with E-state index in [1.54, 1.807) is 17.3 Å². The Labute approximate surface area is 140 Å². The normalized spacial score (nSPS) is 20.1. The average molecular weight is 318 g/mol. The van der Waals surface area contributed by atoms with Gasteiger partial charge in [-0.15, -0.1) is 0 Å². The van der Waals surface area contributed by atoms with Crippen LogP contribution in [-0.4, -0.2) is 36.9 Å². The third-order valence-corrected chi connectivity index (χ3v) is 3.50. The molecular formula is C19H30N2O2. The molecule has 3 rings (SSSR count). The van der Waals surface area contributed by atoms with E-state index in [-0.39, 0.29) is 30.8 Å². The molecule has 0 heterocycles. The van der Waals surface area contributed by atoms with Gasteiger partial charge in [-0.25, -0.2) is 0 Å². The number of hydrazone groups is 1. The molecule has 0 bridgehead atoms. The van der Waals surface area contributed by atoms with Gasteiger partial charge in [-0.05, 0) is 6.42 Å². The molecule has 0 spiro atoms. The fourth-order valence-electron chi connectivity index (χ4n) is 2.50. The molecule has 0 radical (unpaired) electrons. The number of benzene rings is 1. The van der Waals surface area contributed by atoms with E-state index in [1.165, 1.54) is 0 Å². The molecule has 0 aliphatic heterocycles. The molecule has 0 aromatic heterocycles. The summed E-state index contributed by atoms with van der Waals surface area (Å²) in [7, 11) is 3.63. The highest BCUT2D eigenvalue weighted by Crippen LogP contribution is 2.48. The molecule has 0 amide bonds. The maximum absolute atomic E-state index is 12.2. The van der Waals surface area contributed by atoms with Crippen LogP contribution in [0.5, 0.6) is 0 Å². The standard InChI is InChI=1S/C14H14N2O2.2C2H6.CH4/c1-16(2)15-7-8-4-3-5-9-12(8)14(18)11-6-10(11)13(9)17;2*1-2;/h3-5,7,10-11H,6H2,1-2H3;2*1-2H3;1H4/b15-7+;;;. The predicted molar refractivity (Wildman–Crippen MR) is 97.4 cm³/mol. The van der Waals surface area contributed by atoms with Crippen LogP contribution in [0.4, 0.5) is 0 Å². The van der Waals surface area contributed by atoms with Crippen LogP contribution >= 0.6 is 0 Å². The van der Waals surface area contributed by atoms with Crippen molar-refractivity contribution in [1.82, 2.24) is 5.01 Å². The maximum atomic E-state index is 12.2. The van der Waals surface area contributed by atoms with Gasteiger partial charge in [-0.3, -0.25) is 9.59 Å². The molecule has 4 nitrogen and oxygen atoms in total. The number of nitrogens with zero attached hydrogens (tertiary/aromatic N) is 2. The van der Waals surface area contributed by atoms with Gasteiger partial charge in [0.05, 0.1) is 6.21 Å². The summed E-state index contributed by atoms with van der Waals surface area (Å²) in [5, 5.41) is 5.81. The molecule has 2 aliphatic rings. The van der Waals surface area contributed by atoms with E-state index >= 15 is 0 Å². The summed E-state index contributed by atoms with van der Waals surface area (Å²) in [6.45, 7) is 8.00. The second-order valence-electron chi connectivity index (χ2n) is 5.04. The largest absolute Gasteiger partial charge is 0.303 e. The highest BCUT2D eigenvalue weighted by atomic mass is 16.1. The summed E-state index contributed by atoms with van der Waals surface area (Å²) in [5.74, 6) is 0.107. The van der Waals surface area contributed by atoms with Crippen LogP contribution in [0.2, 0.25) is 0 Å². The summed E-state index contributed by atoms with van der Waals surface area (Å²) in [6.07, 6.45) is 2.36. The first-order chi connectivity index (χ1) is 10.6. The average Bonchev–Trinajstić information content (AvgIpc) is 3.35. The lowest BCUT2D eigenvalue weighted by atomic mass is 9.87. The minimum atomic E-state index is -0.0705. The van der Waals surface area contributed by atoms with Crippen LogP contribution in [0.1, 0.15) is 67.8 Å². The zero-order valence-electron chi connectivity index (χ0n) is 14.4. The van der Waals surface area contributed by atoms with Crippen molar-refractivity contribution in [2.24, 2.45) is 16.9 Å². The first kappa shape index (κ1) is 21.0. The zero-order valence-corrected chi connectivity index (χ0v) is 14.4. The lowest BCUT2D eigenvalue weighted by Crippen LogP contribution is -2.22. The fraction of sp³-hybridized carbons (Fsp3) is 0.526. The molecule has 128 valence electrons. The molecule has 4 heteroatoms. The summed E-state index contributed by atoms with van der Waals surface area (Å²) in [4.78, 5) is 24.3. The number of rotatable bonds is 2. The smallest absolute Gasteiger partial charge is 0.168 e. The Balaban J connectivity index is 0.000000901. The molecule has 1 aromatic carbocycles. The minimum absolute atomic E-state index is 0. The van der Waals surface area contributed by atoms with Crippen LogP contribution < -0.4 is 0 Å². The van der Waals surface area contributed by atoms with Crippen molar-refractivity contribution in [2.75, 3.05) is 14.1 Å². The van der Waals surface area contributed by atoms with E-state index in [2.05, 4.69) is 5.10 Å². The quantitative estimate of drug-likeness (QED) is 0.604. The van der Waals surface area contributed by atoms with E-state index in [0.717, 1.165) is 12.0 Å². The number of Topliss-reactive ketones (excluding diaryl/α,β-unsaturated/α-hetero) is 2. The molecular weight excluding hydrogens is 288 g/mol. The van der Waals surface area contributed by atoms with Crippen molar-refractivity contribution in [3.05, 3.63) is 34.9 Å². The van der Waals surface area contributed by atoms with Crippen LogP contribution in [0.3, 0.4) is 0 Å². The Morgan fingerprint density at radius 1 is 1.04 bits per heavy atom. The number of carbonyl (C=O) groups is 2. The van der Waals surface area contributed by atoms with Crippen LogP contribution in [0.25, 0.3) is 0 Å². The van der Waals surface area contributed by atoms with Crippen LogP contribution in [0.15, 0.2) is 23.3 Å². The van der Waals surface area contributed by atoms with Crippen LogP contribution in [-0.2, 0) is 0 Å². The summed E-state index contributed by atoms with van der Waals surface area (Å²) >= 11 is 0. The van der Waals surface area contributed by atoms with Gasteiger partial charge < -0.3 is 5.01 Å². The van der Waals surface area contributed by atoms with E-state index in [0.29, 0.717) is 11.1 Å². The van der Waals surface area contributed by atoms with Crippen molar-refractivity contribution in [2.45, 2.75) is 41.5 Å². The van der Waals surface area contributed by atoms with Gasteiger partial charge in [0.15, 0.2) is 11.6 Å². The van der Waals surface area contributed by atoms with Gasteiger partial charge in [0, 0.05) is 42.6 Å². The first-order valence-electron chi connectivity index (χ1n) is 8.02. The Morgan fingerprint density at radius 3 is 2.17 bits per heavy atom. The molecule has 0 saturated heterocycles. The molecule has 1 aromatic rings. The minimum Gasteiger partial charge on any atom is -0.303 e. The van der Waals surface area contributed by atoms with Crippen molar-refractivity contribution in [3.8, 4) is 0 Å². The highest BCUT2D eigenvalue weighted by Gasteiger charge is 2.53. The SMILES string of the molecule is C.CC.CC.CN(C)/N=C/c1cccc2c1C(=O)C1CC1C2=O. The number of hydrogen-bond donors (Lipinski definition) is 0. The third kappa shape index (κ3) is 4.27. The number of hydrogen-bond acceptors (Lipinski definition) is 4. The van der Waals surface area contributed by atoms with E-state index in [4.69, 9.17) is 0 Å². The first-order valence-corrected chi connectivity index (χ1v) is 8.02. The van der Waals surface area contributed by atoms with Gasteiger partial charge in [-0.2, -0.15) is 5.10 Å². The van der Waals surface area contributed by atoms with Gasteiger partial charge in [0.2, 0.25) is 0 Å². The molecule has 0 N–H and O–H groups in total. The number of ketones is 2. The molecule has 2 unspecified atom stereocenters. The Morgan fingerprint density at radius 2 is 1.61 bits per heavy atom. The molecule has 23 heavy (non-hydrogen) atoms. The molecule has 2 atom stereocenters. The Bertz CT molecular complexity index is 577. The lowest BCUT2D eigenvalue weighted by molar-refractivity contribution is 0.0878. The fourth-order valence-corrected chi connectivity index (χ4v) is 2.50. The zero-order chi connectivity index (χ0) is 16.9. The third-order valence-electron chi connectivity index (χ3n) is 3.50. The van der Waals surface area contributed by atoms with Gasteiger partial charge >= 0.3 is 0 Å². The van der Waals surface area contributed by atoms with Crippen molar-refractivity contribution < 1.29 is 9.59 Å². The summed E-state index contributed by atoms with van der Waals surface area (Å²) in [5.41, 5.74) is 1.87. The van der Waals surface area contributed by atoms with Crippen molar-refractivity contribution in [3.63, 3.8) is 0 Å². The molecule has 1 saturated carbocycles. The van der Waals surface area contributed by atoms with Gasteiger partial charge in [-0.1, -0.05) is 53.3 Å². The second-order valence-corrected chi connectivity index (χ2v) is 5.04. The van der Waals surface area contributed by atoms with Gasteiger partial charge in [0.1, 0.15) is 0 Å². The Hall–Kier alpha value is -1.97. The predicted octanol–water partition coefficient (Wildman–Crippen LogP) is 4.29. The summed E-state index contributed by atoms with van der Waals surface area (Å²) < 4.78 is 0.